The zero-order chi connectivity index (χ0) is 7.72. The first kappa shape index (κ1) is 9.15. The molecule has 0 aliphatic rings. The van der Waals surface area contributed by atoms with Crippen molar-refractivity contribution >= 4 is 66.1 Å². The van der Waals surface area contributed by atoms with Gasteiger partial charge >= 0.3 is 0 Å². The predicted octanol–water partition coefficient (Wildman–Crippen LogP) is 3.26. The topological polar surface area (TPSA) is 25.8 Å². The van der Waals surface area contributed by atoms with E-state index >= 15 is 0 Å². The highest BCUT2D eigenvalue weighted by Gasteiger charge is 2.04. The number of halogens is 4. The van der Waals surface area contributed by atoms with Crippen LogP contribution in [0, 0.1) is 3.70 Å². The van der Waals surface area contributed by atoms with E-state index in [-0.39, 0.29) is 0 Å². The van der Waals surface area contributed by atoms with Gasteiger partial charge in [-0.05, 0) is 54.5 Å². The van der Waals surface area contributed by atoms with Crippen molar-refractivity contribution in [3.63, 3.8) is 0 Å². The largest absolute Gasteiger partial charge is 0.228 e. The van der Waals surface area contributed by atoms with Gasteiger partial charge in [-0.15, -0.1) is 0 Å². The van der Waals surface area contributed by atoms with E-state index in [1.807, 2.05) is 22.6 Å². The van der Waals surface area contributed by atoms with Gasteiger partial charge in [0.2, 0.25) is 0 Å². The number of hydrogen-bond acceptors (Lipinski definition) is 2. The lowest BCUT2D eigenvalue weighted by Crippen LogP contribution is -1.88. The molecule has 0 aliphatic heterocycles. The average molecular weight is 398 g/mol. The molecular weight excluding hydrogens is 398 g/mol. The molecule has 0 radical (unpaired) electrons. The van der Waals surface area contributed by atoms with E-state index in [0.29, 0.717) is 14.4 Å². The predicted molar refractivity (Wildman–Crippen MR) is 55.2 cm³/mol. The highest BCUT2D eigenvalue weighted by molar-refractivity contribution is 14.1. The molecule has 0 saturated carbocycles. The molecular formula is C4Br2ClIN2. The third-order valence-electron chi connectivity index (χ3n) is 0.733. The zero-order valence-electron chi connectivity index (χ0n) is 4.41. The monoisotopic (exact) mass is 396 g/mol. The fourth-order valence-corrected chi connectivity index (χ4v) is 1.76. The minimum atomic E-state index is 0.382. The summed E-state index contributed by atoms with van der Waals surface area (Å²) in [7, 11) is 0. The van der Waals surface area contributed by atoms with Crippen LogP contribution in [0.15, 0.2) is 9.21 Å². The highest BCUT2D eigenvalue weighted by Crippen LogP contribution is 2.23. The minimum Gasteiger partial charge on any atom is -0.228 e. The van der Waals surface area contributed by atoms with Gasteiger partial charge in [-0.1, -0.05) is 11.6 Å². The first-order valence-electron chi connectivity index (χ1n) is 2.15. The molecule has 0 saturated heterocycles. The average Bonchev–Trinajstić information content (AvgIpc) is 1.84. The van der Waals surface area contributed by atoms with Crippen LogP contribution < -0.4 is 0 Å². The van der Waals surface area contributed by atoms with Crippen LogP contribution in [0.3, 0.4) is 0 Å². The summed E-state index contributed by atoms with van der Waals surface area (Å²) >= 11 is 14.0. The van der Waals surface area contributed by atoms with E-state index in [1.54, 1.807) is 0 Å². The van der Waals surface area contributed by atoms with Gasteiger partial charge in [-0.3, -0.25) is 0 Å². The molecule has 0 aromatic carbocycles. The zero-order valence-corrected chi connectivity index (χ0v) is 10.5. The number of nitrogens with zero attached hydrogens (tertiary/aromatic N) is 2. The lowest BCUT2D eigenvalue weighted by molar-refractivity contribution is 1.09. The molecule has 1 heterocycles. The molecule has 0 atom stereocenters. The Morgan fingerprint density at radius 2 is 1.80 bits per heavy atom. The summed E-state index contributed by atoms with van der Waals surface area (Å²) in [5.41, 5.74) is 0. The fraction of sp³-hybridized carbons (Fsp3) is 0. The van der Waals surface area contributed by atoms with Crippen LogP contribution >= 0.6 is 66.1 Å². The van der Waals surface area contributed by atoms with Crippen LogP contribution in [-0.2, 0) is 0 Å². The first-order valence-corrected chi connectivity index (χ1v) is 5.19. The maximum Gasteiger partial charge on any atom is 0.163 e. The summed E-state index contributed by atoms with van der Waals surface area (Å²) in [5.74, 6) is 0. The second-order valence-electron chi connectivity index (χ2n) is 1.39. The van der Waals surface area contributed by atoms with Gasteiger partial charge in [0, 0.05) is 0 Å². The van der Waals surface area contributed by atoms with Crippen molar-refractivity contribution in [2.75, 3.05) is 0 Å². The van der Waals surface area contributed by atoms with Crippen molar-refractivity contribution in [1.29, 1.82) is 0 Å². The van der Waals surface area contributed by atoms with Gasteiger partial charge in [0.05, 0.1) is 0 Å². The summed E-state index contributed by atoms with van der Waals surface area (Å²) in [6.45, 7) is 0. The first-order chi connectivity index (χ1) is 4.61. The third kappa shape index (κ3) is 2.02. The van der Waals surface area contributed by atoms with Crippen molar-refractivity contribution in [2.45, 2.75) is 0 Å². The van der Waals surface area contributed by atoms with E-state index in [1.165, 1.54) is 0 Å². The molecule has 1 aromatic rings. The molecule has 0 N–H and O–H groups in total. The molecule has 10 heavy (non-hydrogen) atoms. The molecule has 0 amide bonds. The van der Waals surface area contributed by atoms with Crippen LogP contribution in [-0.4, -0.2) is 9.97 Å². The maximum atomic E-state index is 5.64. The molecule has 1 rings (SSSR count). The number of aromatic nitrogens is 2. The molecule has 0 aliphatic carbocycles. The van der Waals surface area contributed by atoms with Gasteiger partial charge in [0.1, 0.15) is 12.9 Å². The van der Waals surface area contributed by atoms with Crippen molar-refractivity contribution < 1.29 is 0 Å². The quantitative estimate of drug-likeness (QED) is 0.628. The van der Waals surface area contributed by atoms with E-state index < -0.39 is 0 Å². The Kier molecular flexibility index (Phi) is 3.33. The summed E-state index contributed by atoms with van der Waals surface area (Å²) < 4.78 is 2.01. The van der Waals surface area contributed by atoms with Crippen molar-refractivity contribution in [3.8, 4) is 0 Å². The number of rotatable bonds is 0. The van der Waals surface area contributed by atoms with Crippen molar-refractivity contribution in [1.82, 2.24) is 9.97 Å². The van der Waals surface area contributed by atoms with Crippen LogP contribution in [0.25, 0.3) is 0 Å². The summed E-state index contributed by atoms with van der Waals surface area (Å²) in [5, 5.41) is 0.382. The molecule has 54 valence electrons. The Morgan fingerprint density at radius 3 is 2.30 bits per heavy atom. The Bertz CT molecular complexity index is 217. The van der Waals surface area contributed by atoms with Crippen LogP contribution in [0.2, 0.25) is 5.15 Å². The molecule has 0 spiro atoms. The van der Waals surface area contributed by atoms with Gasteiger partial charge in [-0.2, -0.15) is 0 Å². The van der Waals surface area contributed by atoms with Gasteiger partial charge in [0.25, 0.3) is 0 Å². The SMILES string of the molecule is Clc1nc(I)c(Br)nc1Br. The summed E-state index contributed by atoms with van der Waals surface area (Å²) in [6, 6.07) is 0. The van der Waals surface area contributed by atoms with Gasteiger partial charge in [-0.25, -0.2) is 9.97 Å². The number of hydrogen-bond donors (Lipinski definition) is 0. The molecule has 2 nitrogen and oxygen atoms in total. The van der Waals surface area contributed by atoms with Crippen molar-refractivity contribution in [2.24, 2.45) is 0 Å². The molecule has 0 unspecified atom stereocenters. The normalized spacial score (nSPS) is 10.0. The van der Waals surface area contributed by atoms with Gasteiger partial charge < -0.3 is 0 Å². The van der Waals surface area contributed by atoms with E-state index in [9.17, 15) is 0 Å². The molecule has 1 aromatic heterocycles. The Hall–Kier alpha value is 1.06. The smallest absolute Gasteiger partial charge is 0.163 e. The van der Waals surface area contributed by atoms with Crippen LogP contribution in [0.5, 0.6) is 0 Å². The standard InChI is InChI=1S/C4Br2ClIN2/c5-1-3(7)10-4(8)2(6)9-1. The molecule has 6 heteroatoms. The molecule has 0 bridgehead atoms. The Balaban J connectivity index is 3.28. The van der Waals surface area contributed by atoms with E-state index in [2.05, 4.69) is 41.8 Å². The third-order valence-corrected chi connectivity index (χ3v) is 3.82. The van der Waals surface area contributed by atoms with Crippen molar-refractivity contribution in [3.05, 3.63) is 18.1 Å². The Labute approximate surface area is 93.2 Å². The van der Waals surface area contributed by atoms with E-state index in [0.717, 1.165) is 3.70 Å². The highest BCUT2D eigenvalue weighted by atomic mass is 127. The lowest BCUT2D eigenvalue weighted by Gasteiger charge is -1.96. The molecule has 0 fully saturated rings. The fourth-order valence-electron chi connectivity index (χ4n) is 0.357. The Morgan fingerprint density at radius 1 is 1.20 bits per heavy atom. The maximum absolute atomic E-state index is 5.64. The minimum absolute atomic E-state index is 0.382. The lowest BCUT2D eigenvalue weighted by atomic mass is 10.8. The second kappa shape index (κ2) is 3.64. The second-order valence-corrected chi connectivity index (χ2v) is 4.27. The van der Waals surface area contributed by atoms with E-state index in [4.69, 9.17) is 11.6 Å². The van der Waals surface area contributed by atoms with Crippen LogP contribution in [0.1, 0.15) is 0 Å². The summed E-state index contributed by atoms with van der Waals surface area (Å²) in [6.07, 6.45) is 0. The van der Waals surface area contributed by atoms with Gasteiger partial charge in [0.15, 0.2) is 5.15 Å². The summed E-state index contributed by atoms with van der Waals surface area (Å²) in [4.78, 5) is 7.97. The van der Waals surface area contributed by atoms with Crippen LogP contribution in [0.4, 0.5) is 0 Å².